The Hall–Kier alpha value is -0.0800. The second-order valence-corrected chi connectivity index (χ2v) is 4.62. The van der Waals surface area contributed by atoms with Crippen molar-refractivity contribution in [2.24, 2.45) is 0 Å². The van der Waals surface area contributed by atoms with Crippen molar-refractivity contribution in [3.05, 3.63) is 0 Å². The zero-order valence-electron chi connectivity index (χ0n) is 9.05. The van der Waals surface area contributed by atoms with Gasteiger partial charge in [-0.05, 0) is 20.3 Å². The lowest BCUT2D eigenvalue weighted by molar-refractivity contribution is -0.131. The number of unbranched alkanes of at least 4 members (excludes halogenated alkanes) is 1. The molecule has 0 saturated carbocycles. The molecule has 2 heteroatoms. The third kappa shape index (κ3) is 3.65. The summed E-state index contributed by atoms with van der Waals surface area (Å²) in [4.78, 5) is 0. The van der Waals surface area contributed by atoms with Crippen molar-refractivity contribution in [3.63, 3.8) is 0 Å². The van der Waals surface area contributed by atoms with E-state index in [2.05, 4.69) is 6.92 Å². The first-order valence-corrected chi connectivity index (χ1v) is 5.41. The molecule has 0 bridgehead atoms. The maximum Gasteiger partial charge on any atom is 0.0669 e. The molecular formula is C11H22O2. The summed E-state index contributed by atoms with van der Waals surface area (Å²) in [5.41, 5.74) is -0.504. The molecule has 3 atom stereocenters. The van der Waals surface area contributed by atoms with Crippen molar-refractivity contribution < 1.29 is 9.84 Å². The van der Waals surface area contributed by atoms with E-state index in [0.29, 0.717) is 0 Å². The van der Waals surface area contributed by atoms with Crippen LogP contribution in [-0.4, -0.2) is 22.9 Å². The van der Waals surface area contributed by atoms with Gasteiger partial charge in [0.1, 0.15) is 0 Å². The minimum Gasteiger partial charge on any atom is -0.390 e. The summed E-state index contributed by atoms with van der Waals surface area (Å²) in [5, 5.41) is 9.93. The highest BCUT2D eigenvalue weighted by Gasteiger charge is 2.33. The van der Waals surface area contributed by atoms with Crippen LogP contribution in [0.3, 0.4) is 0 Å². The molecule has 78 valence electrons. The molecule has 1 aliphatic rings. The van der Waals surface area contributed by atoms with Crippen LogP contribution >= 0.6 is 0 Å². The van der Waals surface area contributed by atoms with E-state index >= 15 is 0 Å². The molecule has 0 aliphatic carbocycles. The summed E-state index contributed by atoms with van der Waals surface area (Å²) < 4.78 is 5.76. The summed E-state index contributed by atoms with van der Waals surface area (Å²) in [7, 11) is 0. The van der Waals surface area contributed by atoms with Crippen molar-refractivity contribution in [1.82, 2.24) is 0 Å². The molecule has 0 aromatic heterocycles. The van der Waals surface area contributed by atoms with Crippen LogP contribution in [0, 0.1) is 0 Å². The van der Waals surface area contributed by atoms with Crippen LogP contribution < -0.4 is 0 Å². The molecule has 0 amide bonds. The number of aliphatic hydroxyl groups is 1. The molecule has 1 aliphatic heterocycles. The van der Waals surface area contributed by atoms with Gasteiger partial charge in [-0.25, -0.2) is 0 Å². The zero-order valence-corrected chi connectivity index (χ0v) is 9.05. The van der Waals surface area contributed by atoms with Gasteiger partial charge in [-0.1, -0.05) is 19.8 Å². The Morgan fingerprint density at radius 3 is 2.69 bits per heavy atom. The molecule has 2 nitrogen and oxygen atoms in total. The van der Waals surface area contributed by atoms with Gasteiger partial charge in [0.25, 0.3) is 0 Å². The van der Waals surface area contributed by atoms with Gasteiger partial charge in [0, 0.05) is 12.8 Å². The lowest BCUT2D eigenvalue weighted by Crippen LogP contribution is -2.42. The van der Waals surface area contributed by atoms with Crippen LogP contribution in [0.25, 0.3) is 0 Å². The average Bonchev–Trinajstić information content (AvgIpc) is 1.97. The van der Waals surface area contributed by atoms with E-state index < -0.39 is 5.60 Å². The van der Waals surface area contributed by atoms with Crippen molar-refractivity contribution in [2.75, 3.05) is 0 Å². The summed E-state index contributed by atoms with van der Waals surface area (Å²) >= 11 is 0. The summed E-state index contributed by atoms with van der Waals surface area (Å²) in [6.45, 7) is 6.15. The van der Waals surface area contributed by atoms with Crippen LogP contribution in [0.15, 0.2) is 0 Å². The van der Waals surface area contributed by atoms with Crippen molar-refractivity contribution in [2.45, 2.75) is 70.7 Å². The van der Waals surface area contributed by atoms with Crippen LogP contribution in [0.5, 0.6) is 0 Å². The first-order chi connectivity index (χ1) is 6.03. The minimum absolute atomic E-state index is 0.214. The smallest absolute Gasteiger partial charge is 0.0669 e. The first-order valence-electron chi connectivity index (χ1n) is 5.41. The van der Waals surface area contributed by atoms with E-state index in [9.17, 15) is 5.11 Å². The Labute approximate surface area is 81.3 Å². The van der Waals surface area contributed by atoms with Gasteiger partial charge in [-0.3, -0.25) is 0 Å². The molecule has 1 N–H and O–H groups in total. The predicted molar refractivity (Wildman–Crippen MR) is 53.7 cm³/mol. The van der Waals surface area contributed by atoms with Gasteiger partial charge in [0.05, 0.1) is 17.8 Å². The van der Waals surface area contributed by atoms with Gasteiger partial charge in [-0.15, -0.1) is 0 Å². The molecule has 0 aromatic carbocycles. The Kier molecular flexibility index (Phi) is 3.74. The topological polar surface area (TPSA) is 29.5 Å². The fraction of sp³-hybridized carbons (Fsp3) is 1.00. The third-order valence-corrected chi connectivity index (χ3v) is 2.70. The van der Waals surface area contributed by atoms with Gasteiger partial charge >= 0.3 is 0 Å². The van der Waals surface area contributed by atoms with Crippen molar-refractivity contribution in [3.8, 4) is 0 Å². The van der Waals surface area contributed by atoms with Gasteiger partial charge in [-0.2, -0.15) is 0 Å². The molecule has 0 radical (unpaired) electrons. The normalized spacial score (nSPS) is 40.6. The van der Waals surface area contributed by atoms with E-state index in [0.717, 1.165) is 19.3 Å². The van der Waals surface area contributed by atoms with Gasteiger partial charge < -0.3 is 9.84 Å². The van der Waals surface area contributed by atoms with Crippen LogP contribution in [0.2, 0.25) is 0 Å². The Balaban J connectivity index is 2.38. The number of hydrogen-bond acceptors (Lipinski definition) is 2. The number of hydrogen-bond donors (Lipinski definition) is 1. The van der Waals surface area contributed by atoms with Crippen LogP contribution in [0.4, 0.5) is 0 Å². The minimum atomic E-state index is -0.504. The maximum atomic E-state index is 9.93. The summed E-state index contributed by atoms with van der Waals surface area (Å²) in [5.74, 6) is 0. The second-order valence-electron chi connectivity index (χ2n) is 4.62. The average molecular weight is 186 g/mol. The molecule has 1 fully saturated rings. The molecule has 1 rings (SSSR count). The van der Waals surface area contributed by atoms with E-state index in [1.807, 2.05) is 13.8 Å². The molecular weight excluding hydrogens is 164 g/mol. The van der Waals surface area contributed by atoms with E-state index in [1.54, 1.807) is 0 Å². The Bertz CT molecular complexity index is 154. The molecule has 1 saturated heterocycles. The Morgan fingerprint density at radius 2 is 2.15 bits per heavy atom. The highest BCUT2D eigenvalue weighted by atomic mass is 16.5. The molecule has 1 heterocycles. The maximum absolute atomic E-state index is 9.93. The molecule has 13 heavy (non-hydrogen) atoms. The fourth-order valence-corrected chi connectivity index (χ4v) is 2.22. The SMILES string of the molecule is CCCCC1CC(C)(O)CC(C)O1. The molecule has 0 aromatic rings. The van der Waals surface area contributed by atoms with Crippen LogP contribution in [-0.2, 0) is 4.74 Å². The van der Waals surface area contributed by atoms with Crippen molar-refractivity contribution in [1.29, 1.82) is 0 Å². The molecule has 0 spiro atoms. The number of rotatable bonds is 3. The quantitative estimate of drug-likeness (QED) is 0.733. The van der Waals surface area contributed by atoms with E-state index in [-0.39, 0.29) is 12.2 Å². The predicted octanol–water partition coefficient (Wildman–Crippen LogP) is 2.50. The fourth-order valence-electron chi connectivity index (χ4n) is 2.22. The molecule has 3 unspecified atom stereocenters. The highest BCUT2D eigenvalue weighted by Crippen LogP contribution is 2.30. The summed E-state index contributed by atoms with van der Waals surface area (Å²) in [6.07, 6.45) is 5.57. The standard InChI is InChI=1S/C11H22O2/c1-4-5-6-10-8-11(3,12)7-9(2)13-10/h9-10,12H,4-8H2,1-3H3. The monoisotopic (exact) mass is 186 g/mol. The largest absolute Gasteiger partial charge is 0.390 e. The van der Waals surface area contributed by atoms with E-state index in [4.69, 9.17) is 4.74 Å². The van der Waals surface area contributed by atoms with Crippen LogP contribution in [0.1, 0.15) is 52.9 Å². The first kappa shape index (κ1) is 11.0. The second kappa shape index (κ2) is 4.43. The third-order valence-electron chi connectivity index (χ3n) is 2.70. The summed E-state index contributed by atoms with van der Waals surface area (Å²) in [6, 6.07) is 0. The number of ether oxygens (including phenoxy) is 1. The Morgan fingerprint density at radius 1 is 1.46 bits per heavy atom. The zero-order chi connectivity index (χ0) is 9.90. The highest BCUT2D eigenvalue weighted by molar-refractivity contribution is 4.84. The van der Waals surface area contributed by atoms with Crippen molar-refractivity contribution >= 4 is 0 Å². The lowest BCUT2D eigenvalue weighted by Gasteiger charge is -2.38. The van der Waals surface area contributed by atoms with Gasteiger partial charge in [0.15, 0.2) is 0 Å². The van der Waals surface area contributed by atoms with Gasteiger partial charge in [0.2, 0.25) is 0 Å². The van der Waals surface area contributed by atoms with E-state index in [1.165, 1.54) is 12.8 Å². The lowest BCUT2D eigenvalue weighted by atomic mass is 9.87.